The lowest BCUT2D eigenvalue weighted by Gasteiger charge is -2.21. The number of carbonyl (C=O) groups excluding carboxylic acids is 2. The number of benzene rings is 1. The summed E-state index contributed by atoms with van der Waals surface area (Å²) in [7, 11) is 0. The molecule has 0 aliphatic heterocycles. The minimum atomic E-state index is -0.539. The number of rotatable bonds is 10. The zero-order chi connectivity index (χ0) is 18.9. The Morgan fingerprint density at radius 3 is 2.24 bits per heavy atom. The molecule has 0 aliphatic carbocycles. The first-order valence-electron chi connectivity index (χ1n) is 8.46. The van der Waals surface area contributed by atoms with Gasteiger partial charge in [-0.1, -0.05) is 31.2 Å². The van der Waals surface area contributed by atoms with E-state index in [4.69, 9.17) is 9.47 Å². The van der Waals surface area contributed by atoms with Crippen molar-refractivity contribution in [3.63, 3.8) is 0 Å². The Morgan fingerprint density at radius 2 is 1.68 bits per heavy atom. The molecule has 0 fully saturated rings. The Labute approximate surface area is 155 Å². The molecule has 0 bridgehead atoms. The van der Waals surface area contributed by atoms with Crippen molar-refractivity contribution in [3.05, 3.63) is 42.0 Å². The lowest BCUT2D eigenvalue weighted by Crippen LogP contribution is -2.29. The average Bonchev–Trinajstić information content (AvgIpc) is 2.59. The molecule has 1 rings (SSSR count). The number of esters is 2. The van der Waals surface area contributed by atoms with E-state index in [2.05, 4.69) is 6.58 Å². The number of hydrogen-bond acceptors (Lipinski definition) is 5. The monoisotopic (exact) mass is 364 g/mol. The molecule has 5 heteroatoms. The molecule has 25 heavy (non-hydrogen) atoms. The van der Waals surface area contributed by atoms with Crippen LogP contribution in [0.3, 0.4) is 0 Å². The summed E-state index contributed by atoms with van der Waals surface area (Å²) in [6.07, 6.45) is 0.818. The molecular formula is C20H28O4S. The zero-order valence-corrected chi connectivity index (χ0v) is 16.4. The summed E-state index contributed by atoms with van der Waals surface area (Å²) in [6.45, 7) is 12.3. The van der Waals surface area contributed by atoms with E-state index in [0.717, 1.165) is 17.6 Å². The highest BCUT2D eigenvalue weighted by Crippen LogP contribution is 2.23. The van der Waals surface area contributed by atoms with Gasteiger partial charge in [0.25, 0.3) is 0 Å². The van der Waals surface area contributed by atoms with Gasteiger partial charge in [0.2, 0.25) is 0 Å². The van der Waals surface area contributed by atoms with Gasteiger partial charge in [-0.2, -0.15) is 11.8 Å². The van der Waals surface area contributed by atoms with E-state index in [1.165, 1.54) is 0 Å². The van der Waals surface area contributed by atoms with E-state index in [1.54, 1.807) is 23.9 Å². The van der Waals surface area contributed by atoms with Gasteiger partial charge in [-0.25, -0.2) is 4.79 Å². The van der Waals surface area contributed by atoms with E-state index in [0.29, 0.717) is 30.3 Å². The van der Waals surface area contributed by atoms with Crippen LogP contribution in [-0.4, -0.2) is 36.7 Å². The second-order valence-electron chi connectivity index (χ2n) is 6.57. The first-order chi connectivity index (χ1) is 11.8. The van der Waals surface area contributed by atoms with Crippen molar-refractivity contribution < 1.29 is 19.1 Å². The van der Waals surface area contributed by atoms with E-state index < -0.39 is 5.41 Å². The van der Waals surface area contributed by atoms with Gasteiger partial charge in [-0.15, -0.1) is 0 Å². The molecule has 0 unspecified atom stereocenters. The highest BCUT2D eigenvalue weighted by Gasteiger charge is 2.29. The normalized spacial score (nSPS) is 11.0. The van der Waals surface area contributed by atoms with Crippen molar-refractivity contribution in [2.45, 2.75) is 34.1 Å². The number of allylic oxidation sites excluding steroid dienone is 1. The molecule has 0 atom stereocenters. The van der Waals surface area contributed by atoms with Crippen LogP contribution in [0.25, 0.3) is 5.57 Å². The van der Waals surface area contributed by atoms with Crippen LogP contribution in [0.4, 0.5) is 0 Å². The van der Waals surface area contributed by atoms with Crippen LogP contribution < -0.4 is 0 Å². The number of thioether (sulfide) groups is 1. The van der Waals surface area contributed by atoms with E-state index in [9.17, 15) is 9.59 Å². The molecule has 0 heterocycles. The van der Waals surface area contributed by atoms with Gasteiger partial charge in [0.15, 0.2) is 0 Å². The minimum absolute atomic E-state index is 0.184. The molecule has 0 N–H and O–H groups in total. The third kappa shape index (κ3) is 7.34. The van der Waals surface area contributed by atoms with E-state index in [1.807, 2.05) is 39.8 Å². The largest absolute Gasteiger partial charge is 0.465 e. The summed E-state index contributed by atoms with van der Waals surface area (Å²) in [6, 6.07) is 7.20. The summed E-state index contributed by atoms with van der Waals surface area (Å²) in [5.41, 5.74) is 1.95. The summed E-state index contributed by atoms with van der Waals surface area (Å²) in [4.78, 5) is 23.9. The van der Waals surface area contributed by atoms with Crippen LogP contribution in [0.5, 0.6) is 0 Å². The quantitative estimate of drug-likeness (QED) is 0.449. The maximum atomic E-state index is 12.0. The Kier molecular flexibility index (Phi) is 8.76. The number of carbonyl (C=O) groups is 2. The number of ether oxygens (including phenoxy) is 2. The van der Waals surface area contributed by atoms with Gasteiger partial charge in [-0.05, 0) is 44.9 Å². The molecule has 0 aromatic heterocycles. The van der Waals surface area contributed by atoms with Crippen molar-refractivity contribution in [1.82, 2.24) is 0 Å². The van der Waals surface area contributed by atoms with Crippen LogP contribution in [0.2, 0.25) is 0 Å². The lowest BCUT2D eigenvalue weighted by molar-refractivity contribution is -0.152. The Balaban J connectivity index is 2.31. The maximum absolute atomic E-state index is 12.0. The Bertz CT molecular complexity index is 590. The SMILES string of the molecule is C=C(C)c1ccc(C(=O)OCCSCC(C)(C)C(=O)OCCC)cc1. The first kappa shape index (κ1) is 21.3. The molecule has 0 saturated carbocycles. The molecule has 0 amide bonds. The van der Waals surface area contributed by atoms with E-state index in [-0.39, 0.29) is 11.9 Å². The molecule has 0 radical (unpaired) electrons. The van der Waals surface area contributed by atoms with Gasteiger partial charge in [0, 0.05) is 11.5 Å². The minimum Gasteiger partial charge on any atom is -0.465 e. The second-order valence-corrected chi connectivity index (χ2v) is 7.67. The van der Waals surface area contributed by atoms with Gasteiger partial charge in [0.05, 0.1) is 17.6 Å². The molecule has 0 aliphatic rings. The standard InChI is InChI=1S/C20H28O4S/c1-6-11-24-19(22)20(4,5)14-25-13-12-23-18(21)17-9-7-16(8-10-17)15(2)3/h7-10H,2,6,11-14H2,1,3-5H3. The Hall–Kier alpha value is -1.75. The predicted octanol–water partition coefficient (Wildman–Crippen LogP) is 4.59. The Morgan fingerprint density at radius 1 is 1.08 bits per heavy atom. The average molecular weight is 365 g/mol. The predicted molar refractivity (Wildman–Crippen MR) is 104 cm³/mol. The molecule has 1 aromatic carbocycles. The summed E-state index contributed by atoms with van der Waals surface area (Å²) in [5.74, 6) is 0.743. The fourth-order valence-corrected chi connectivity index (χ4v) is 2.92. The summed E-state index contributed by atoms with van der Waals surface area (Å²) < 4.78 is 10.5. The van der Waals surface area contributed by atoms with Gasteiger partial charge in [0.1, 0.15) is 6.61 Å². The molecule has 4 nitrogen and oxygen atoms in total. The lowest BCUT2D eigenvalue weighted by atomic mass is 9.97. The molecular weight excluding hydrogens is 336 g/mol. The van der Waals surface area contributed by atoms with E-state index >= 15 is 0 Å². The zero-order valence-electron chi connectivity index (χ0n) is 15.6. The van der Waals surface area contributed by atoms with Crippen LogP contribution in [-0.2, 0) is 14.3 Å². The van der Waals surface area contributed by atoms with Crippen molar-refractivity contribution in [1.29, 1.82) is 0 Å². The van der Waals surface area contributed by atoms with Crippen LogP contribution in [0.1, 0.15) is 50.0 Å². The molecule has 138 valence electrons. The molecule has 0 spiro atoms. The van der Waals surface area contributed by atoms with Crippen molar-refractivity contribution in [3.8, 4) is 0 Å². The first-order valence-corrected chi connectivity index (χ1v) is 9.61. The van der Waals surface area contributed by atoms with Crippen molar-refractivity contribution in [2.24, 2.45) is 5.41 Å². The van der Waals surface area contributed by atoms with Crippen molar-refractivity contribution >= 4 is 29.3 Å². The highest BCUT2D eigenvalue weighted by molar-refractivity contribution is 7.99. The number of hydrogen-bond donors (Lipinski definition) is 0. The summed E-state index contributed by atoms with van der Waals surface area (Å²) >= 11 is 1.58. The van der Waals surface area contributed by atoms with Gasteiger partial charge < -0.3 is 9.47 Å². The third-order valence-corrected chi connectivity index (χ3v) is 4.91. The maximum Gasteiger partial charge on any atom is 0.338 e. The second kappa shape index (κ2) is 10.3. The smallest absolute Gasteiger partial charge is 0.338 e. The topological polar surface area (TPSA) is 52.6 Å². The summed E-state index contributed by atoms with van der Waals surface area (Å²) in [5, 5.41) is 0. The van der Waals surface area contributed by atoms with Crippen molar-refractivity contribution in [2.75, 3.05) is 24.7 Å². The van der Waals surface area contributed by atoms with Gasteiger partial charge >= 0.3 is 11.9 Å². The van der Waals surface area contributed by atoms with Crippen LogP contribution in [0, 0.1) is 5.41 Å². The molecule has 0 saturated heterocycles. The highest BCUT2D eigenvalue weighted by atomic mass is 32.2. The third-order valence-electron chi connectivity index (χ3n) is 3.53. The van der Waals surface area contributed by atoms with Crippen LogP contribution in [0.15, 0.2) is 30.8 Å². The van der Waals surface area contributed by atoms with Gasteiger partial charge in [-0.3, -0.25) is 4.79 Å². The molecule has 1 aromatic rings. The van der Waals surface area contributed by atoms with Crippen LogP contribution >= 0.6 is 11.8 Å². The fraction of sp³-hybridized carbons (Fsp3) is 0.500. The fourth-order valence-electron chi connectivity index (χ4n) is 1.94.